The summed E-state index contributed by atoms with van der Waals surface area (Å²) in [6, 6.07) is 0. The minimum atomic E-state index is -0.432. The Morgan fingerprint density at radius 1 is 1.11 bits per heavy atom. The van der Waals surface area contributed by atoms with E-state index in [2.05, 4.69) is 25.3 Å². The van der Waals surface area contributed by atoms with Crippen LogP contribution in [0.4, 0.5) is 0 Å². The molecule has 0 rings (SSSR count). The molecule has 18 heavy (non-hydrogen) atoms. The molecule has 0 unspecified atom stereocenters. The molecule has 0 aliphatic rings. The Balaban J connectivity index is -0.00000112. The molecule has 0 atom stereocenters. The third-order valence-electron chi connectivity index (χ3n) is 1.21. The Morgan fingerprint density at radius 2 is 1.67 bits per heavy atom. The Kier molecular flexibility index (Phi) is 14.6. The predicted octanol–water partition coefficient (Wildman–Crippen LogP) is -2.08. The second-order valence-corrected chi connectivity index (χ2v) is 2.43. The minimum Gasteiger partial charge on any atom is -0.454 e. The second-order valence-electron chi connectivity index (χ2n) is 2.43. The number of nitrogens with one attached hydrogen (secondary N) is 2. The fraction of sp³-hybridized carbons (Fsp3) is 0.286. The van der Waals surface area contributed by atoms with Gasteiger partial charge in [0.25, 0.3) is 0 Å². The number of hydrogen-bond donors (Lipinski definition) is 5. The van der Waals surface area contributed by atoms with Crippen LogP contribution in [0.15, 0.2) is 20.0 Å². The van der Waals surface area contributed by atoms with Crippen LogP contribution in [0.1, 0.15) is 0 Å². The second kappa shape index (κ2) is 12.1. The number of hydrogen-bond acceptors (Lipinski definition) is 3. The predicted molar refractivity (Wildman–Crippen MR) is 71.2 cm³/mol. The van der Waals surface area contributed by atoms with Gasteiger partial charge in [-0.15, -0.1) is 0 Å². The van der Waals surface area contributed by atoms with Crippen molar-refractivity contribution in [3.8, 4) is 0 Å². The van der Waals surface area contributed by atoms with E-state index in [1.54, 1.807) is 0 Å². The first-order valence-electron chi connectivity index (χ1n) is 4.10. The SMILES string of the molecule is CN=C(N)NC(N)=NCN=C(N)N=C([NH-])N.[CH3-].[Y]. The fourth-order valence-electron chi connectivity index (χ4n) is 0.569. The molecular weight excluding hydrogens is 313 g/mol. The Labute approximate surface area is 131 Å². The molecule has 0 saturated heterocycles. The van der Waals surface area contributed by atoms with Crippen molar-refractivity contribution >= 4 is 23.8 Å². The number of rotatable bonds is 2. The third-order valence-corrected chi connectivity index (χ3v) is 1.21. The van der Waals surface area contributed by atoms with Gasteiger partial charge in [0, 0.05) is 45.7 Å². The van der Waals surface area contributed by atoms with Crippen LogP contribution in [-0.4, -0.2) is 37.6 Å². The molecule has 0 aliphatic carbocycles. The summed E-state index contributed by atoms with van der Waals surface area (Å²) in [6.07, 6.45) is 0. The van der Waals surface area contributed by atoms with Crippen molar-refractivity contribution in [2.45, 2.75) is 0 Å². The molecule has 0 aromatic carbocycles. The average Bonchev–Trinajstić information content (AvgIpc) is 2.16. The van der Waals surface area contributed by atoms with Gasteiger partial charge < -0.3 is 41.1 Å². The van der Waals surface area contributed by atoms with E-state index in [9.17, 15) is 0 Å². The van der Waals surface area contributed by atoms with Crippen LogP contribution < -0.4 is 28.3 Å². The Hall–Kier alpha value is -1.42. The summed E-state index contributed by atoms with van der Waals surface area (Å²) in [5.41, 5.74) is 27.8. The van der Waals surface area contributed by atoms with E-state index < -0.39 is 5.96 Å². The molecule has 0 amide bonds. The monoisotopic (exact) mass is 331 g/mol. The molecule has 0 aliphatic heterocycles. The largest absolute Gasteiger partial charge is 0.454 e. The summed E-state index contributed by atoms with van der Waals surface area (Å²) in [5, 5.41) is 2.49. The normalized spacial score (nSPS) is 13.4. The summed E-state index contributed by atoms with van der Waals surface area (Å²) in [5.74, 6) is -0.408. The van der Waals surface area contributed by atoms with Gasteiger partial charge in [-0.05, 0) is 0 Å². The summed E-state index contributed by atoms with van der Waals surface area (Å²) in [6.45, 7) is -0.0571. The van der Waals surface area contributed by atoms with Gasteiger partial charge in [-0.3, -0.25) is 10.3 Å². The van der Waals surface area contributed by atoms with Crippen molar-refractivity contribution in [1.29, 1.82) is 0 Å². The Bertz CT molecular complexity index is 340. The van der Waals surface area contributed by atoms with Crippen molar-refractivity contribution in [2.75, 3.05) is 13.7 Å². The molecule has 11 heteroatoms. The zero-order chi connectivity index (χ0) is 12.6. The maximum atomic E-state index is 6.81. The number of aliphatic imine (C=N–C) groups is 4. The molecule has 0 spiro atoms. The van der Waals surface area contributed by atoms with Crippen LogP contribution in [0.3, 0.4) is 0 Å². The standard InChI is InChI=1S/C6H15N10.CH3.Y/c1-12-4(9)16-6(11)14-2-13-5(10)15-3(7)8;;/h2H2,1H3,(H10-,7,8,9,10,11,12,13,14,15,16);1H3;/q2*-1;. The molecule has 0 bridgehead atoms. The topological polar surface area (TPSA) is 189 Å². The van der Waals surface area contributed by atoms with E-state index in [1.165, 1.54) is 7.05 Å². The zero-order valence-electron chi connectivity index (χ0n) is 10.4. The molecule has 1 radical (unpaired) electrons. The zero-order valence-corrected chi connectivity index (χ0v) is 13.2. The van der Waals surface area contributed by atoms with Crippen molar-refractivity contribution < 1.29 is 32.7 Å². The first kappa shape index (κ1) is 21.8. The molecule has 10 nitrogen and oxygen atoms in total. The fourth-order valence-corrected chi connectivity index (χ4v) is 0.569. The van der Waals surface area contributed by atoms with Gasteiger partial charge in [-0.2, -0.15) is 0 Å². The van der Waals surface area contributed by atoms with Gasteiger partial charge in [-0.25, -0.2) is 9.98 Å². The molecule has 0 aromatic heterocycles. The average molecular weight is 331 g/mol. The van der Waals surface area contributed by atoms with Gasteiger partial charge in [0.15, 0.2) is 11.9 Å². The number of guanidine groups is 4. The van der Waals surface area contributed by atoms with Crippen LogP contribution in [0.25, 0.3) is 5.73 Å². The maximum absolute atomic E-state index is 6.81. The van der Waals surface area contributed by atoms with Crippen LogP contribution in [-0.2, 0) is 32.7 Å². The molecule has 0 aromatic rings. The van der Waals surface area contributed by atoms with Crippen LogP contribution in [0.5, 0.6) is 0 Å². The quantitative estimate of drug-likeness (QED) is 0.220. The van der Waals surface area contributed by atoms with E-state index >= 15 is 0 Å². The number of nitrogens with zero attached hydrogens (tertiary/aromatic N) is 4. The van der Waals surface area contributed by atoms with Gasteiger partial charge >= 0.3 is 0 Å². The smallest absolute Gasteiger partial charge is 0.197 e. The van der Waals surface area contributed by atoms with Crippen LogP contribution in [0, 0.1) is 7.43 Å². The van der Waals surface area contributed by atoms with Gasteiger partial charge in [-0.1, -0.05) is 0 Å². The van der Waals surface area contributed by atoms with Crippen molar-refractivity contribution in [2.24, 2.45) is 42.9 Å². The van der Waals surface area contributed by atoms with Crippen molar-refractivity contribution in [3.63, 3.8) is 0 Å². The van der Waals surface area contributed by atoms with Gasteiger partial charge in [0.1, 0.15) is 12.6 Å². The minimum absolute atomic E-state index is 0. The van der Waals surface area contributed by atoms with Gasteiger partial charge in [0.05, 0.1) is 0 Å². The first-order chi connectivity index (χ1) is 7.45. The Morgan fingerprint density at radius 3 is 2.11 bits per heavy atom. The summed E-state index contributed by atoms with van der Waals surface area (Å²) >= 11 is 0. The molecule has 10 N–H and O–H groups in total. The van der Waals surface area contributed by atoms with E-state index in [0.717, 1.165) is 0 Å². The first-order valence-corrected chi connectivity index (χ1v) is 4.10. The van der Waals surface area contributed by atoms with Gasteiger partial charge in [0.2, 0.25) is 0 Å². The molecule has 101 valence electrons. The van der Waals surface area contributed by atoms with E-state index in [0.29, 0.717) is 0 Å². The van der Waals surface area contributed by atoms with E-state index in [-0.39, 0.29) is 64.7 Å². The summed E-state index contributed by atoms with van der Waals surface area (Å²) in [7, 11) is 1.50. The van der Waals surface area contributed by atoms with E-state index in [4.69, 9.17) is 28.7 Å². The summed E-state index contributed by atoms with van der Waals surface area (Å²) < 4.78 is 0. The molecule has 0 saturated carbocycles. The van der Waals surface area contributed by atoms with Crippen LogP contribution >= 0.6 is 0 Å². The third kappa shape index (κ3) is 12.7. The van der Waals surface area contributed by atoms with E-state index in [1.807, 2.05) is 0 Å². The van der Waals surface area contributed by atoms with Crippen LogP contribution in [0.2, 0.25) is 0 Å². The van der Waals surface area contributed by atoms with Crippen molar-refractivity contribution in [1.82, 2.24) is 5.32 Å². The summed E-state index contributed by atoms with van der Waals surface area (Å²) in [4.78, 5) is 14.4. The maximum Gasteiger partial charge on any atom is 0.197 e. The van der Waals surface area contributed by atoms with Crippen molar-refractivity contribution in [3.05, 3.63) is 13.2 Å². The molecular formula is C7H18N10Y-2. The molecule has 0 fully saturated rings. The molecule has 0 heterocycles. The number of nitrogens with two attached hydrogens (primary N) is 4.